The fraction of sp³-hybridized carbons (Fsp3) is 0.273. The highest BCUT2D eigenvalue weighted by Gasteiger charge is 2.30. The molecule has 6 nitrogen and oxygen atoms in total. The Morgan fingerprint density at radius 1 is 1.03 bits per heavy atom. The molecule has 2 heterocycles. The Morgan fingerprint density at radius 2 is 1.67 bits per heavy atom. The zero-order chi connectivity index (χ0) is 23.6. The molecule has 0 aliphatic carbocycles. The predicted molar refractivity (Wildman–Crippen MR) is 119 cm³/mol. The summed E-state index contributed by atoms with van der Waals surface area (Å²) in [4.78, 5) is 16.9. The number of anilines is 1. The lowest BCUT2D eigenvalue weighted by Gasteiger charge is -2.15. The van der Waals surface area contributed by atoms with Crippen molar-refractivity contribution in [3.05, 3.63) is 65.2 Å². The van der Waals surface area contributed by atoms with Gasteiger partial charge in [-0.2, -0.15) is 17.5 Å². The van der Waals surface area contributed by atoms with Gasteiger partial charge in [0, 0.05) is 29.7 Å². The number of nitrogens with one attached hydrogen (secondary N) is 1. The van der Waals surface area contributed by atoms with E-state index < -0.39 is 21.8 Å². The highest BCUT2D eigenvalue weighted by molar-refractivity contribution is 7.89. The average molecular weight is 496 g/mol. The lowest BCUT2D eigenvalue weighted by molar-refractivity contribution is -0.137. The van der Waals surface area contributed by atoms with Crippen molar-refractivity contribution in [2.24, 2.45) is 0 Å². The molecule has 3 aromatic rings. The van der Waals surface area contributed by atoms with Crippen LogP contribution in [0.1, 0.15) is 24.1 Å². The van der Waals surface area contributed by atoms with Crippen LogP contribution >= 0.6 is 11.3 Å². The smallest absolute Gasteiger partial charge is 0.326 e. The number of halogens is 3. The molecule has 1 saturated heterocycles. The molecule has 4 rings (SSSR count). The Balaban J connectivity index is 1.37. The van der Waals surface area contributed by atoms with Crippen molar-refractivity contribution in [2.45, 2.75) is 30.3 Å². The number of aromatic nitrogens is 1. The van der Waals surface area contributed by atoms with Crippen LogP contribution in [0.4, 0.5) is 18.9 Å². The highest BCUT2D eigenvalue weighted by atomic mass is 32.2. The molecule has 0 atom stereocenters. The van der Waals surface area contributed by atoms with E-state index in [1.165, 1.54) is 52.0 Å². The number of amides is 1. The van der Waals surface area contributed by atoms with Crippen LogP contribution < -0.4 is 5.32 Å². The van der Waals surface area contributed by atoms with Gasteiger partial charge in [-0.25, -0.2) is 13.4 Å². The molecular formula is C22H20F3N3O3S2. The SMILES string of the molecule is O=C(Cc1csc(-c2ccc(C(F)(F)F)cc2)n1)Nc1ccc(S(=O)(=O)N2CCCC2)cc1. The molecule has 1 aromatic heterocycles. The van der Waals surface area contributed by atoms with Crippen molar-refractivity contribution in [3.8, 4) is 10.6 Å². The number of hydrogen-bond donors (Lipinski definition) is 1. The molecule has 0 radical (unpaired) electrons. The fourth-order valence-corrected chi connectivity index (χ4v) is 5.82. The van der Waals surface area contributed by atoms with Crippen LogP contribution in [0, 0.1) is 0 Å². The minimum absolute atomic E-state index is 0.0229. The van der Waals surface area contributed by atoms with Crippen LogP contribution in [0.25, 0.3) is 10.6 Å². The van der Waals surface area contributed by atoms with E-state index in [1.54, 1.807) is 5.38 Å². The van der Waals surface area contributed by atoms with Gasteiger partial charge in [0.2, 0.25) is 15.9 Å². The number of rotatable bonds is 6. The second kappa shape index (κ2) is 9.24. The summed E-state index contributed by atoms with van der Waals surface area (Å²) in [5.41, 5.74) is 0.746. The van der Waals surface area contributed by atoms with Crippen molar-refractivity contribution in [1.29, 1.82) is 0 Å². The Labute approximate surface area is 193 Å². The van der Waals surface area contributed by atoms with Crippen LogP contribution in [-0.2, 0) is 27.4 Å². The van der Waals surface area contributed by atoms with Gasteiger partial charge in [-0.3, -0.25) is 4.79 Å². The molecule has 0 bridgehead atoms. The van der Waals surface area contributed by atoms with Crippen LogP contribution in [0.5, 0.6) is 0 Å². The molecule has 1 N–H and O–H groups in total. The fourth-order valence-electron chi connectivity index (χ4n) is 3.48. The standard InChI is InChI=1S/C22H20F3N3O3S2/c23-22(24,25)16-5-3-15(4-6-16)21-27-18(14-32-21)13-20(29)26-17-7-9-19(10-8-17)33(30,31)28-11-1-2-12-28/h3-10,14H,1-2,11-13H2,(H,26,29). The van der Waals surface area contributed by atoms with Gasteiger partial charge in [0.15, 0.2) is 0 Å². The lowest BCUT2D eigenvalue weighted by atomic mass is 10.1. The largest absolute Gasteiger partial charge is 0.416 e. The van der Waals surface area contributed by atoms with Gasteiger partial charge >= 0.3 is 6.18 Å². The minimum atomic E-state index is -4.40. The third-order valence-corrected chi connectivity index (χ3v) is 8.05. The molecule has 0 saturated carbocycles. The number of carbonyl (C=O) groups excluding carboxylic acids is 1. The van der Waals surface area contributed by atoms with Crippen molar-refractivity contribution >= 4 is 33.0 Å². The van der Waals surface area contributed by atoms with E-state index in [2.05, 4.69) is 10.3 Å². The molecule has 0 unspecified atom stereocenters. The summed E-state index contributed by atoms with van der Waals surface area (Å²) in [7, 11) is -3.52. The molecule has 1 aliphatic heterocycles. The molecule has 1 fully saturated rings. The molecule has 2 aromatic carbocycles. The van der Waals surface area contributed by atoms with Gasteiger partial charge in [0.1, 0.15) is 5.01 Å². The number of sulfonamides is 1. The van der Waals surface area contributed by atoms with Gasteiger partial charge in [0.25, 0.3) is 0 Å². The van der Waals surface area contributed by atoms with E-state index in [4.69, 9.17) is 0 Å². The molecule has 1 aliphatic rings. The van der Waals surface area contributed by atoms with E-state index in [1.807, 2.05) is 0 Å². The van der Waals surface area contributed by atoms with Gasteiger partial charge in [0.05, 0.1) is 22.6 Å². The van der Waals surface area contributed by atoms with E-state index in [0.29, 0.717) is 35.0 Å². The monoisotopic (exact) mass is 495 g/mol. The predicted octanol–water partition coefficient (Wildman–Crippen LogP) is 4.79. The zero-order valence-corrected chi connectivity index (χ0v) is 18.9. The normalized spacial score (nSPS) is 15.0. The van der Waals surface area contributed by atoms with Crippen molar-refractivity contribution in [2.75, 3.05) is 18.4 Å². The molecule has 11 heteroatoms. The van der Waals surface area contributed by atoms with Gasteiger partial charge in [-0.15, -0.1) is 11.3 Å². The van der Waals surface area contributed by atoms with Crippen LogP contribution in [0.15, 0.2) is 58.8 Å². The number of hydrogen-bond acceptors (Lipinski definition) is 5. The number of thiazole rings is 1. The number of alkyl halides is 3. The van der Waals surface area contributed by atoms with Crippen LogP contribution in [0.3, 0.4) is 0 Å². The number of benzene rings is 2. The van der Waals surface area contributed by atoms with E-state index in [9.17, 15) is 26.4 Å². The third-order valence-electron chi connectivity index (χ3n) is 5.19. The van der Waals surface area contributed by atoms with Crippen LogP contribution in [0.2, 0.25) is 0 Å². The molecule has 33 heavy (non-hydrogen) atoms. The van der Waals surface area contributed by atoms with Gasteiger partial charge in [-0.1, -0.05) is 12.1 Å². The second-order valence-corrected chi connectivity index (χ2v) is 10.4. The summed E-state index contributed by atoms with van der Waals surface area (Å²) in [6.45, 7) is 1.03. The first-order valence-corrected chi connectivity index (χ1v) is 12.5. The Hall–Kier alpha value is -2.76. The maximum Gasteiger partial charge on any atom is 0.416 e. The van der Waals surface area contributed by atoms with Crippen molar-refractivity contribution < 1.29 is 26.4 Å². The lowest BCUT2D eigenvalue weighted by Crippen LogP contribution is -2.27. The minimum Gasteiger partial charge on any atom is -0.326 e. The Morgan fingerprint density at radius 3 is 2.27 bits per heavy atom. The molecule has 1 amide bonds. The number of carbonyl (C=O) groups is 1. The first-order valence-electron chi connectivity index (χ1n) is 10.1. The summed E-state index contributed by atoms with van der Waals surface area (Å²) in [5, 5.41) is 4.90. The highest BCUT2D eigenvalue weighted by Crippen LogP contribution is 2.32. The summed E-state index contributed by atoms with van der Waals surface area (Å²) >= 11 is 1.24. The topological polar surface area (TPSA) is 79.4 Å². The maximum atomic E-state index is 12.7. The van der Waals surface area contributed by atoms with Gasteiger partial charge < -0.3 is 5.32 Å². The zero-order valence-electron chi connectivity index (χ0n) is 17.3. The van der Waals surface area contributed by atoms with Crippen LogP contribution in [-0.4, -0.2) is 36.7 Å². The first kappa shape index (κ1) is 23.4. The maximum absolute atomic E-state index is 12.7. The van der Waals surface area contributed by atoms with E-state index in [0.717, 1.165) is 25.0 Å². The van der Waals surface area contributed by atoms with Crippen molar-refractivity contribution in [3.63, 3.8) is 0 Å². The summed E-state index contributed by atoms with van der Waals surface area (Å²) in [6, 6.07) is 10.7. The Bertz CT molecular complexity index is 1230. The summed E-state index contributed by atoms with van der Waals surface area (Å²) < 4.78 is 64.7. The first-order chi connectivity index (χ1) is 15.6. The quantitative estimate of drug-likeness (QED) is 0.533. The summed E-state index contributed by atoms with van der Waals surface area (Å²) in [5.74, 6) is -0.339. The van der Waals surface area contributed by atoms with Gasteiger partial charge in [-0.05, 0) is 49.2 Å². The van der Waals surface area contributed by atoms with E-state index >= 15 is 0 Å². The average Bonchev–Trinajstić information content (AvgIpc) is 3.46. The molecule has 174 valence electrons. The second-order valence-electron chi connectivity index (χ2n) is 7.58. The molecule has 0 spiro atoms. The summed E-state index contributed by atoms with van der Waals surface area (Å²) in [6.07, 6.45) is -2.72. The third kappa shape index (κ3) is 5.43. The number of nitrogens with zero attached hydrogens (tertiary/aromatic N) is 2. The Kier molecular flexibility index (Phi) is 6.55. The van der Waals surface area contributed by atoms with Crippen molar-refractivity contribution in [1.82, 2.24) is 9.29 Å². The molecular weight excluding hydrogens is 475 g/mol. The van der Waals surface area contributed by atoms with E-state index in [-0.39, 0.29) is 17.2 Å².